The number of ether oxygens (including phenoxy) is 3. The van der Waals surface area contributed by atoms with E-state index in [9.17, 15) is 14.7 Å². The van der Waals surface area contributed by atoms with Crippen LogP contribution in [0.5, 0.6) is 0 Å². The van der Waals surface area contributed by atoms with Gasteiger partial charge in [0.05, 0.1) is 11.7 Å². The van der Waals surface area contributed by atoms with E-state index in [1.807, 2.05) is 0 Å². The van der Waals surface area contributed by atoms with E-state index in [4.69, 9.17) is 14.2 Å². The zero-order valence-corrected chi connectivity index (χ0v) is 11.2. The van der Waals surface area contributed by atoms with Crippen LogP contribution in [0.25, 0.3) is 0 Å². The molecule has 4 unspecified atom stereocenters. The molecule has 1 heterocycles. The first-order chi connectivity index (χ1) is 9.49. The van der Waals surface area contributed by atoms with E-state index in [0.29, 0.717) is 5.56 Å². The van der Waals surface area contributed by atoms with E-state index in [2.05, 4.69) is 0 Å². The Kier molecular flexibility index (Phi) is 4.36. The molecule has 0 spiro atoms. The van der Waals surface area contributed by atoms with Crippen molar-refractivity contribution in [2.24, 2.45) is 0 Å². The van der Waals surface area contributed by atoms with Crippen molar-refractivity contribution >= 4 is 11.9 Å². The predicted octanol–water partition coefficient (Wildman–Crippen LogP) is 0.881. The fourth-order valence-corrected chi connectivity index (χ4v) is 2.05. The van der Waals surface area contributed by atoms with Gasteiger partial charge < -0.3 is 19.3 Å². The normalized spacial score (nSPS) is 28.9. The minimum atomic E-state index is -1.30. The molecule has 1 saturated heterocycles. The average molecular weight is 280 g/mol. The molecule has 0 saturated carbocycles. The highest BCUT2D eigenvalue weighted by atomic mass is 16.7. The van der Waals surface area contributed by atoms with Gasteiger partial charge in [-0.2, -0.15) is 0 Å². The molecule has 1 fully saturated rings. The summed E-state index contributed by atoms with van der Waals surface area (Å²) in [7, 11) is 0. The van der Waals surface area contributed by atoms with Crippen LogP contribution in [0.1, 0.15) is 24.2 Å². The van der Waals surface area contributed by atoms with Gasteiger partial charge in [0.25, 0.3) is 0 Å². The third kappa shape index (κ3) is 3.15. The summed E-state index contributed by atoms with van der Waals surface area (Å²) in [4.78, 5) is 23.0. The highest BCUT2D eigenvalue weighted by Crippen LogP contribution is 2.26. The van der Waals surface area contributed by atoms with Crippen molar-refractivity contribution in [3.8, 4) is 0 Å². The van der Waals surface area contributed by atoms with Crippen LogP contribution in [-0.4, -0.2) is 41.6 Å². The van der Waals surface area contributed by atoms with Crippen LogP contribution in [0.3, 0.4) is 0 Å². The quantitative estimate of drug-likeness (QED) is 0.828. The third-order valence-electron chi connectivity index (χ3n) is 2.98. The molecule has 108 valence electrons. The summed E-state index contributed by atoms with van der Waals surface area (Å²) in [5, 5.41) is 9.67. The Hall–Kier alpha value is -1.92. The van der Waals surface area contributed by atoms with Crippen LogP contribution in [0.15, 0.2) is 30.3 Å². The van der Waals surface area contributed by atoms with Crippen LogP contribution < -0.4 is 0 Å². The number of carbonyl (C=O) groups is 2. The average Bonchev–Trinajstić information content (AvgIpc) is 2.66. The highest BCUT2D eigenvalue weighted by molar-refractivity contribution is 5.89. The minimum Gasteiger partial charge on any atom is -0.453 e. The van der Waals surface area contributed by atoms with E-state index in [0.717, 1.165) is 0 Å². The Morgan fingerprint density at radius 1 is 1.15 bits per heavy atom. The first-order valence-corrected chi connectivity index (χ1v) is 6.26. The van der Waals surface area contributed by atoms with Crippen LogP contribution in [0.4, 0.5) is 0 Å². The van der Waals surface area contributed by atoms with Gasteiger partial charge in [0.15, 0.2) is 18.5 Å². The molecule has 20 heavy (non-hydrogen) atoms. The molecule has 0 radical (unpaired) electrons. The standard InChI is InChI=1S/C14H16O6/c1-8-11(12(14(17)18-8)19-9(2)15)20-13(16)10-6-4-3-5-7-10/h3-8,11-12,14,17H,1-2H3. The van der Waals surface area contributed by atoms with E-state index in [-0.39, 0.29) is 0 Å². The Bertz CT molecular complexity index is 486. The molecule has 0 aliphatic carbocycles. The van der Waals surface area contributed by atoms with Gasteiger partial charge in [0.2, 0.25) is 0 Å². The Morgan fingerprint density at radius 2 is 1.80 bits per heavy atom. The fraction of sp³-hybridized carbons (Fsp3) is 0.429. The number of hydrogen-bond acceptors (Lipinski definition) is 6. The van der Waals surface area contributed by atoms with Crippen LogP contribution >= 0.6 is 0 Å². The molecule has 1 aromatic carbocycles. The number of hydrogen-bond donors (Lipinski definition) is 1. The highest BCUT2D eigenvalue weighted by Gasteiger charge is 2.46. The fourth-order valence-electron chi connectivity index (χ4n) is 2.05. The van der Waals surface area contributed by atoms with E-state index >= 15 is 0 Å². The topological polar surface area (TPSA) is 82.1 Å². The zero-order chi connectivity index (χ0) is 14.7. The number of benzene rings is 1. The molecule has 0 aromatic heterocycles. The summed E-state index contributed by atoms with van der Waals surface area (Å²) in [6.45, 7) is 2.85. The molecular weight excluding hydrogens is 264 g/mol. The molecular formula is C14H16O6. The van der Waals surface area contributed by atoms with Crippen LogP contribution in [0, 0.1) is 0 Å². The maximum absolute atomic E-state index is 12.0. The molecule has 0 bridgehead atoms. The summed E-state index contributed by atoms with van der Waals surface area (Å²) in [6.07, 6.45) is -3.73. The minimum absolute atomic E-state index is 0.377. The first kappa shape index (κ1) is 14.5. The summed E-state index contributed by atoms with van der Waals surface area (Å²) < 4.78 is 15.4. The lowest BCUT2D eigenvalue weighted by Crippen LogP contribution is -2.39. The summed E-state index contributed by atoms with van der Waals surface area (Å²) >= 11 is 0. The van der Waals surface area contributed by atoms with Crippen molar-refractivity contribution in [1.82, 2.24) is 0 Å². The van der Waals surface area contributed by atoms with Gasteiger partial charge in [-0.1, -0.05) is 18.2 Å². The van der Waals surface area contributed by atoms with Crippen molar-refractivity contribution in [3.63, 3.8) is 0 Å². The Labute approximate surface area is 116 Å². The number of carbonyl (C=O) groups excluding carboxylic acids is 2. The van der Waals surface area contributed by atoms with Crippen molar-refractivity contribution in [1.29, 1.82) is 0 Å². The van der Waals surface area contributed by atoms with Crippen molar-refractivity contribution in [2.45, 2.75) is 38.4 Å². The zero-order valence-electron chi connectivity index (χ0n) is 11.2. The number of aliphatic hydroxyl groups is 1. The molecule has 4 atom stereocenters. The summed E-state index contributed by atoms with van der Waals surface area (Å²) in [5.41, 5.74) is 0.377. The lowest BCUT2D eigenvalue weighted by molar-refractivity contribution is -0.169. The van der Waals surface area contributed by atoms with Gasteiger partial charge in [0, 0.05) is 6.92 Å². The molecule has 1 aliphatic heterocycles. The monoisotopic (exact) mass is 280 g/mol. The lowest BCUT2D eigenvalue weighted by atomic mass is 10.1. The molecule has 1 aromatic rings. The Morgan fingerprint density at radius 3 is 2.40 bits per heavy atom. The van der Waals surface area contributed by atoms with Crippen LogP contribution in [0.2, 0.25) is 0 Å². The van der Waals surface area contributed by atoms with Gasteiger partial charge in [-0.05, 0) is 19.1 Å². The predicted molar refractivity (Wildman–Crippen MR) is 67.8 cm³/mol. The van der Waals surface area contributed by atoms with Gasteiger partial charge in [-0.25, -0.2) is 4.79 Å². The van der Waals surface area contributed by atoms with Crippen molar-refractivity contribution in [3.05, 3.63) is 35.9 Å². The van der Waals surface area contributed by atoms with E-state index in [1.54, 1.807) is 37.3 Å². The maximum atomic E-state index is 12.0. The smallest absolute Gasteiger partial charge is 0.338 e. The van der Waals surface area contributed by atoms with Gasteiger partial charge in [-0.15, -0.1) is 0 Å². The number of rotatable bonds is 3. The molecule has 2 rings (SSSR count). The molecule has 6 heteroatoms. The lowest BCUT2D eigenvalue weighted by Gasteiger charge is -2.21. The second kappa shape index (κ2) is 6.02. The van der Waals surface area contributed by atoms with Gasteiger partial charge >= 0.3 is 11.9 Å². The largest absolute Gasteiger partial charge is 0.453 e. The second-order valence-corrected chi connectivity index (χ2v) is 4.54. The SMILES string of the molecule is CC(=O)OC1C(O)OC(C)C1OC(=O)c1ccccc1. The van der Waals surface area contributed by atoms with Gasteiger partial charge in [-0.3, -0.25) is 4.79 Å². The molecule has 1 N–H and O–H groups in total. The first-order valence-electron chi connectivity index (χ1n) is 6.26. The van der Waals surface area contributed by atoms with Crippen LogP contribution in [-0.2, 0) is 19.0 Å². The summed E-state index contributed by atoms with van der Waals surface area (Å²) in [5.74, 6) is -1.13. The summed E-state index contributed by atoms with van der Waals surface area (Å²) in [6, 6.07) is 8.43. The third-order valence-corrected chi connectivity index (χ3v) is 2.98. The molecule has 0 amide bonds. The molecule has 1 aliphatic rings. The second-order valence-electron chi connectivity index (χ2n) is 4.54. The maximum Gasteiger partial charge on any atom is 0.338 e. The van der Waals surface area contributed by atoms with E-state index in [1.165, 1.54) is 6.92 Å². The number of aliphatic hydroxyl groups excluding tert-OH is 1. The van der Waals surface area contributed by atoms with E-state index < -0.39 is 36.5 Å². The Balaban J connectivity index is 2.09. The van der Waals surface area contributed by atoms with Crippen molar-refractivity contribution < 1.29 is 28.9 Å². The number of esters is 2. The molecule has 6 nitrogen and oxygen atoms in total. The van der Waals surface area contributed by atoms with Gasteiger partial charge in [0.1, 0.15) is 0 Å². The van der Waals surface area contributed by atoms with Crippen molar-refractivity contribution in [2.75, 3.05) is 0 Å².